The summed E-state index contributed by atoms with van der Waals surface area (Å²) in [6, 6.07) is 9.67. The van der Waals surface area contributed by atoms with Crippen molar-refractivity contribution in [3.8, 4) is 11.3 Å². The van der Waals surface area contributed by atoms with Crippen LogP contribution < -0.4 is 5.56 Å². The molecule has 1 aliphatic carbocycles. The van der Waals surface area contributed by atoms with Crippen LogP contribution in [0.3, 0.4) is 0 Å². The number of alkyl halides is 2. The van der Waals surface area contributed by atoms with Crippen molar-refractivity contribution in [2.75, 3.05) is 13.1 Å². The average molecular weight is 426 g/mol. The molecule has 0 unspecified atom stereocenters. The Bertz CT molecular complexity index is 1160. The molecule has 8 heteroatoms. The van der Waals surface area contributed by atoms with Gasteiger partial charge in [-0.05, 0) is 29.9 Å². The van der Waals surface area contributed by atoms with Crippen molar-refractivity contribution in [2.45, 2.75) is 44.4 Å². The molecule has 1 saturated heterocycles. The number of hydrogen-bond donors (Lipinski definition) is 1. The van der Waals surface area contributed by atoms with E-state index in [9.17, 15) is 18.4 Å². The van der Waals surface area contributed by atoms with Crippen molar-refractivity contribution >= 4 is 11.6 Å². The summed E-state index contributed by atoms with van der Waals surface area (Å²) in [5.41, 5.74) is 2.90. The fraction of sp³-hybridized carbons (Fsp3) is 0.435. The molecule has 3 heterocycles. The number of carbonyl (C=O) groups is 1. The number of carbonyl (C=O) groups excluding carboxylic acids is 1. The van der Waals surface area contributed by atoms with Crippen LogP contribution in [-0.2, 0) is 0 Å². The molecule has 1 amide bonds. The van der Waals surface area contributed by atoms with Gasteiger partial charge < -0.3 is 9.88 Å². The summed E-state index contributed by atoms with van der Waals surface area (Å²) in [5.74, 6) is -0.590. The Labute approximate surface area is 177 Å². The molecule has 31 heavy (non-hydrogen) atoms. The van der Waals surface area contributed by atoms with Crippen LogP contribution in [0.2, 0.25) is 0 Å². The minimum atomic E-state index is -2.43. The van der Waals surface area contributed by atoms with Gasteiger partial charge in [-0.15, -0.1) is 0 Å². The second kappa shape index (κ2) is 7.90. The molecule has 6 nitrogen and oxygen atoms in total. The summed E-state index contributed by atoms with van der Waals surface area (Å²) in [6.45, 7) is 0.0286. The highest BCUT2D eigenvalue weighted by Gasteiger charge is 2.38. The standard InChI is InChI=1S/C23H24F2N4O2/c24-21(25)17-12-28(13-17)23(31)18-11-26-29-20(30)10-19(27-22(18)29)16-8-6-15(7-9-16)14-4-2-1-3-5-14/h6-11,14,17,21,27H,1-5,12-13H2. The molecule has 162 valence electrons. The number of benzene rings is 1. The van der Waals surface area contributed by atoms with Crippen LogP contribution in [0.25, 0.3) is 16.9 Å². The number of hydrogen-bond acceptors (Lipinski definition) is 3. The highest BCUT2D eigenvalue weighted by atomic mass is 19.3. The van der Waals surface area contributed by atoms with Crippen LogP contribution in [0.15, 0.2) is 41.3 Å². The second-order valence-electron chi connectivity index (χ2n) is 8.60. The Morgan fingerprint density at radius 2 is 1.81 bits per heavy atom. The molecule has 1 aliphatic heterocycles. The van der Waals surface area contributed by atoms with Crippen LogP contribution in [0.5, 0.6) is 0 Å². The Morgan fingerprint density at radius 1 is 1.10 bits per heavy atom. The Balaban J connectivity index is 1.43. The number of fused-ring (bicyclic) bond motifs is 1. The number of H-pyrrole nitrogens is 1. The fourth-order valence-corrected chi connectivity index (χ4v) is 4.68. The molecule has 2 fully saturated rings. The molecule has 0 atom stereocenters. The minimum Gasteiger partial charge on any atom is -0.339 e. The first-order valence-corrected chi connectivity index (χ1v) is 10.8. The van der Waals surface area contributed by atoms with E-state index in [0.29, 0.717) is 11.6 Å². The van der Waals surface area contributed by atoms with E-state index in [1.807, 2.05) is 12.1 Å². The molecule has 0 bridgehead atoms. The van der Waals surface area contributed by atoms with Gasteiger partial charge in [-0.2, -0.15) is 9.61 Å². The summed E-state index contributed by atoms with van der Waals surface area (Å²) in [6.07, 6.45) is 5.16. The van der Waals surface area contributed by atoms with E-state index < -0.39 is 18.3 Å². The molecule has 1 aromatic carbocycles. The summed E-state index contributed by atoms with van der Waals surface area (Å²) in [4.78, 5) is 29.8. The Kier molecular flexibility index (Phi) is 5.08. The SMILES string of the molecule is O=C(c1cnn2c(=O)cc(-c3ccc(C4CCCCC4)cc3)[nH]c12)N1CC(C(F)F)C1. The lowest BCUT2D eigenvalue weighted by molar-refractivity contribution is -0.0151. The van der Waals surface area contributed by atoms with Crippen LogP contribution in [0, 0.1) is 5.92 Å². The van der Waals surface area contributed by atoms with E-state index in [-0.39, 0.29) is 29.9 Å². The van der Waals surface area contributed by atoms with Crippen molar-refractivity contribution in [1.29, 1.82) is 0 Å². The third-order valence-electron chi connectivity index (χ3n) is 6.58. The normalized spacial score (nSPS) is 18.0. The van der Waals surface area contributed by atoms with Crippen molar-refractivity contribution in [3.63, 3.8) is 0 Å². The second-order valence-corrected chi connectivity index (χ2v) is 8.60. The predicted molar refractivity (Wildman–Crippen MR) is 112 cm³/mol. The van der Waals surface area contributed by atoms with E-state index in [4.69, 9.17) is 0 Å². The zero-order valence-electron chi connectivity index (χ0n) is 17.1. The van der Waals surface area contributed by atoms with Crippen LogP contribution in [-0.4, -0.2) is 44.9 Å². The quantitative estimate of drug-likeness (QED) is 0.684. The summed E-state index contributed by atoms with van der Waals surface area (Å²) >= 11 is 0. The number of halogens is 2. The molecule has 2 aliphatic rings. The van der Waals surface area contributed by atoms with E-state index in [1.54, 1.807) is 0 Å². The highest BCUT2D eigenvalue weighted by Crippen LogP contribution is 2.33. The number of rotatable bonds is 4. The van der Waals surface area contributed by atoms with Crippen molar-refractivity contribution in [1.82, 2.24) is 19.5 Å². The molecule has 5 rings (SSSR count). The maximum absolute atomic E-state index is 12.8. The minimum absolute atomic E-state index is 0.0143. The zero-order valence-corrected chi connectivity index (χ0v) is 17.1. The Morgan fingerprint density at radius 3 is 2.48 bits per heavy atom. The highest BCUT2D eigenvalue weighted by molar-refractivity contribution is 6.00. The van der Waals surface area contributed by atoms with Gasteiger partial charge in [0.15, 0.2) is 5.65 Å². The number of nitrogens with one attached hydrogen (secondary N) is 1. The lowest BCUT2D eigenvalue weighted by Crippen LogP contribution is -2.52. The van der Waals surface area contributed by atoms with Gasteiger partial charge in [0, 0.05) is 19.2 Å². The van der Waals surface area contributed by atoms with Gasteiger partial charge in [0.1, 0.15) is 5.56 Å². The molecule has 0 radical (unpaired) electrons. The topological polar surface area (TPSA) is 70.5 Å². The number of amides is 1. The van der Waals surface area contributed by atoms with Gasteiger partial charge in [-0.3, -0.25) is 9.59 Å². The first-order chi connectivity index (χ1) is 15.0. The van der Waals surface area contributed by atoms with Gasteiger partial charge in [0.2, 0.25) is 6.43 Å². The Hall–Kier alpha value is -3.03. The molecular formula is C23H24F2N4O2. The first-order valence-electron chi connectivity index (χ1n) is 10.8. The van der Waals surface area contributed by atoms with Crippen molar-refractivity contribution in [2.24, 2.45) is 5.92 Å². The van der Waals surface area contributed by atoms with E-state index in [0.717, 1.165) is 10.1 Å². The van der Waals surface area contributed by atoms with Gasteiger partial charge in [-0.25, -0.2) is 8.78 Å². The first kappa shape index (κ1) is 19.9. The molecular weight excluding hydrogens is 402 g/mol. The smallest absolute Gasteiger partial charge is 0.274 e. The number of aromatic nitrogens is 3. The number of nitrogens with zero attached hydrogens (tertiary/aromatic N) is 3. The van der Waals surface area contributed by atoms with Crippen molar-refractivity contribution < 1.29 is 13.6 Å². The zero-order chi connectivity index (χ0) is 21.5. The summed E-state index contributed by atoms with van der Waals surface area (Å²) in [5, 5.41) is 4.02. The number of likely N-dealkylation sites (tertiary alicyclic amines) is 1. The van der Waals surface area contributed by atoms with Gasteiger partial charge in [0.25, 0.3) is 11.5 Å². The maximum Gasteiger partial charge on any atom is 0.274 e. The molecule has 3 aromatic rings. The third-order valence-corrected chi connectivity index (χ3v) is 6.58. The van der Waals surface area contributed by atoms with Crippen LogP contribution in [0.4, 0.5) is 8.78 Å². The third kappa shape index (κ3) is 3.64. The lowest BCUT2D eigenvalue weighted by Gasteiger charge is -2.38. The van der Waals surface area contributed by atoms with E-state index in [2.05, 4.69) is 22.2 Å². The van der Waals surface area contributed by atoms with E-state index in [1.165, 1.54) is 54.8 Å². The van der Waals surface area contributed by atoms with E-state index >= 15 is 0 Å². The lowest BCUT2D eigenvalue weighted by atomic mass is 9.84. The predicted octanol–water partition coefficient (Wildman–Crippen LogP) is 4.07. The molecule has 1 saturated carbocycles. The van der Waals surface area contributed by atoms with Gasteiger partial charge >= 0.3 is 0 Å². The van der Waals surface area contributed by atoms with Crippen LogP contribution >= 0.6 is 0 Å². The largest absolute Gasteiger partial charge is 0.339 e. The molecule has 1 N–H and O–H groups in total. The number of aromatic amines is 1. The average Bonchev–Trinajstić information content (AvgIpc) is 3.18. The summed E-state index contributed by atoms with van der Waals surface area (Å²) < 4.78 is 26.6. The fourth-order valence-electron chi connectivity index (χ4n) is 4.68. The van der Waals surface area contributed by atoms with Crippen molar-refractivity contribution in [3.05, 3.63) is 58.0 Å². The summed E-state index contributed by atoms with van der Waals surface area (Å²) in [7, 11) is 0. The van der Waals surface area contributed by atoms with Gasteiger partial charge in [-0.1, -0.05) is 43.5 Å². The van der Waals surface area contributed by atoms with Crippen LogP contribution in [0.1, 0.15) is 53.9 Å². The molecule has 2 aromatic heterocycles. The monoisotopic (exact) mass is 426 g/mol. The molecule has 0 spiro atoms. The van der Waals surface area contributed by atoms with Gasteiger partial charge in [0.05, 0.1) is 17.8 Å². The maximum atomic E-state index is 12.8.